The molecule has 77 heavy (non-hydrogen) atoms. The summed E-state index contributed by atoms with van der Waals surface area (Å²) >= 11 is 0. The Morgan fingerprint density at radius 2 is 0.818 bits per heavy atom. The van der Waals surface area contributed by atoms with E-state index in [1.54, 1.807) is 0 Å². The second-order valence-corrected chi connectivity index (χ2v) is 20.2. The molecule has 0 saturated carbocycles. The maximum Gasteiger partial charge on any atom is 0.143 e. The first-order valence-corrected chi connectivity index (χ1v) is 26.6. The Balaban J connectivity index is 0.915. The zero-order valence-electron chi connectivity index (χ0n) is 42.1. The lowest BCUT2D eigenvalue weighted by Crippen LogP contribution is -2.28. The molecule has 0 spiro atoms. The third-order valence-electron chi connectivity index (χ3n) is 16.1. The minimum Gasteiger partial charge on any atom is -0.455 e. The van der Waals surface area contributed by atoms with Crippen molar-refractivity contribution in [2.75, 3.05) is 4.90 Å². The fraction of sp³-hybridized carbons (Fsp3) is 0.0133. The Kier molecular flexibility index (Phi) is 10.5. The summed E-state index contributed by atoms with van der Waals surface area (Å²) in [6, 6.07) is 109. The molecule has 0 unspecified atom stereocenters. The molecule has 0 saturated heterocycles. The van der Waals surface area contributed by atoms with Crippen LogP contribution in [-0.4, -0.2) is 0 Å². The first-order valence-electron chi connectivity index (χ1n) is 26.6. The Morgan fingerprint density at radius 1 is 0.299 bits per heavy atom. The van der Waals surface area contributed by atoms with Gasteiger partial charge in [0.2, 0.25) is 0 Å². The van der Waals surface area contributed by atoms with Crippen LogP contribution < -0.4 is 4.90 Å². The minimum absolute atomic E-state index is 0.536. The van der Waals surface area contributed by atoms with E-state index in [2.05, 4.69) is 302 Å². The van der Waals surface area contributed by atoms with Crippen molar-refractivity contribution in [3.05, 3.63) is 320 Å². The van der Waals surface area contributed by atoms with Crippen molar-refractivity contribution in [3.63, 3.8) is 0 Å². The van der Waals surface area contributed by atoms with Gasteiger partial charge in [0, 0.05) is 38.8 Å². The predicted molar refractivity (Wildman–Crippen MR) is 322 cm³/mol. The molecule has 0 atom stereocenters. The lowest BCUT2D eigenvalue weighted by molar-refractivity contribution is 0.636. The molecule has 1 heterocycles. The molecule has 0 radical (unpaired) electrons. The van der Waals surface area contributed by atoms with E-state index in [-0.39, 0.29) is 0 Å². The van der Waals surface area contributed by atoms with Gasteiger partial charge in [0.05, 0.1) is 11.1 Å². The molecule has 0 amide bonds. The summed E-state index contributed by atoms with van der Waals surface area (Å²) in [5.41, 5.74) is 19.2. The van der Waals surface area contributed by atoms with Crippen molar-refractivity contribution in [1.82, 2.24) is 0 Å². The highest BCUT2D eigenvalue weighted by Gasteiger charge is 2.47. The molecule has 1 aliphatic rings. The SMILES string of the molecule is c1ccc(-c2oc3c4ccccc4c4cc(-c5ccc(N(c6ccc(-c7cccc8ccccc78)cc6)c6cccc7c6-c6ccccc6C7(c6ccccc6)c6ccccc6)cc5)ccc4c3c2-c2ccccc2)cc1. The number of nitrogens with zero attached hydrogens (tertiary/aromatic N) is 1. The van der Waals surface area contributed by atoms with Gasteiger partial charge in [-0.05, 0) is 119 Å². The quantitative estimate of drug-likeness (QED) is 0.134. The molecule has 13 aromatic carbocycles. The van der Waals surface area contributed by atoms with E-state index in [9.17, 15) is 0 Å². The molecule has 1 aromatic heterocycles. The molecule has 2 nitrogen and oxygen atoms in total. The van der Waals surface area contributed by atoms with E-state index < -0.39 is 5.41 Å². The van der Waals surface area contributed by atoms with Gasteiger partial charge in [0.1, 0.15) is 11.3 Å². The topological polar surface area (TPSA) is 16.4 Å². The smallest absolute Gasteiger partial charge is 0.143 e. The number of rotatable bonds is 9. The van der Waals surface area contributed by atoms with Gasteiger partial charge in [-0.2, -0.15) is 0 Å². The van der Waals surface area contributed by atoms with Gasteiger partial charge in [0.15, 0.2) is 0 Å². The van der Waals surface area contributed by atoms with Crippen molar-refractivity contribution in [2.24, 2.45) is 0 Å². The van der Waals surface area contributed by atoms with Crippen molar-refractivity contribution < 1.29 is 4.42 Å². The van der Waals surface area contributed by atoms with Gasteiger partial charge in [-0.1, -0.05) is 261 Å². The van der Waals surface area contributed by atoms with Gasteiger partial charge < -0.3 is 9.32 Å². The molecule has 15 rings (SSSR count). The lowest BCUT2D eigenvalue weighted by atomic mass is 9.68. The summed E-state index contributed by atoms with van der Waals surface area (Å²) in [4.78, 5) is 2.47. The van der Waals surface area contributed by atoms with Crippen molar-refractivity contribution >= 4 is 60.3 Å². The first-order chi connectivity index (χ1) is 38.2. The van der Waals surface area contributed by atoms with Crippen molar-refractivity contribution in [3.8, 4) is 55.8 Å². The summed E-state index contributed by atoms with van der Waals surface area (Å²) < 4.78 is 7.03. The van der Waals surface area contributed by atoms with Crippen LogP contribution in [0.3, 0.4) is 0 Å². The Labute approximate surface area is 448 Å². The third-order valence-corrected chi connectivity index (χ3v) is 16.1. The standard InChI is InChI=1S/C75H49NO/c1-5-22-53(23-6-1)70-72-63-48-43-55(49-66(63)62-32-15-16-33-64(62)74(72)77-73(70)54-24-7-2-8-25-54)50-39-44-58(45-40-50)76(59-46-41-52(42-47-59)61-35-19-26-51-21-13-14-31-60(51)61)69-38-20-37-68-71(69)65-34-17-18-36-67(65)75(68,56-27-9-3-10-28-56)57-29-11-4-12-30-57/h1-49H. The van der Waals surface area contributed by atoms with Gasteiger partial charge >= 0.3 is 0 Å². The van der Waals surface area contributed by atoms with Gasteiger partial charge in [-0.3, -0.25) is 0 Å². The van der Waals surface area contributed by atoms with E-state index in [4.69, 9.17) is 4.42 Å². The maximum atomic E-state index is 7.03. The first kappa shape index (κ1) is 44.5. The highest BCUT2D eigenvalue weighted by atomic mass is 16.3. The number of hydrogen-bond acceptors (Lipinski definition) is 2. The highest BCUT2D eigenvalue weighted by molar-refractivity contribution is 6.29. The van der Waals surface area contributed by atoms with Crippen molar-refractivity contribution in [1.29, 1.82) is 0 Å². The molecule has 1 aliphatic carbocycles. The number of anilines is 3. The van der Waals surface area contributed by atoms with E-state index >= 15 is 0 Å². The summed E-state index contributed by atoms with van der Waals surface area (Å²) in [5.74, 6) is 0.884. The van der Waals surface area contributed by atoms with Gasteiger partial charge in [-0.15, -0.1) is 0 Å². The number of hydrogen-bond donors (Lipinski definition) is 0. The summed E-state index contributed by atoms with van der Waals surface area (Å²) in [6.07, 6.45) is 0. The zero-order chi connectivity index (χ0) is 50.9. The monoisotopic (exact) mass is 979 g/mol. The van der Waals surface area contributed by atoms with Gasteiger partial charge in [-0.25, -0.2) is 0 Å². The van der Waals surface area contributed by atoms with Crippen LogP contribution in [0.5, 0.6) is 0 Å². The third kappa shape index (κ3) is 7.03. The van der Waals surface area contributed by atoms with Crippen LogP contribution in [0.15, 0.2) is 302 Å². The molecular weight excluding hydrogens is 931 g/mol. The predicted octanol–water partition coefficient (Wildman–Crippen LogP) is 20.4. The largest absolute Gasteiger partial charge is 0.455 e. The van der Waals surface area contributed by atoms with E-state index in [1.807, 2.05) is 0 Å². The second-order valence-electron chi connectivity index (χ2n) is 20.2. The summed E-state index contributed by atoms with van der Waals surface area (Å²) in [7, 11) is 0. The Bertz CT molecular complexity index is 4480. The molecule has 0 fully saturated rings. The molecular formula is C75H49NO. The second kappa shape index (κ2) is 18.1. The number of benzene rings is 13. The highest BCUT2D eigenvalue weighted by Crippen LogP contribution is 2.60. The van der Waals surface area contributed by atoms with Crippen LogP contribution in [-0.2, 0) is 5.41 Å². The van der Waals surface area contributed by atoms with Crippen LogP contribution in [0.1, 0.15) is 22.3 Å². The van der Waals surface area contributed by atoms with Crippen LogP contribution in [0.25, 0.3) is 99.1 Å². The van der Waals surface area contributed by atoms with Gasteiger partial charge in [0.25, 0.3) is 0 Å². The van der Waals surface area contributed by atoms with Crippen LogP contribution >= 0.6 is 0 Å². The average molecular weight is 980 g/mol. The normalized spacial score (nSPS) is 12.5. The van der Waals surface area contributed by atoms with E-state index in [0.717, 1.165) is 67.0 Å². The van der Waals surface area contributed by atoms with Crippen LogP contribution in [0, 0.1) is 0 Å². The van der Waals surface area contributed by atoms with Crippen LogP contribution in [0.4, 0.5) is 17.1 Å². The van der Waals surface area contributed by atoms with Crippen LogP contribution in [0.2, 0.25) is 0 Å². The molecule has 2 heteroatoms. The molecule has 0 N–H and O–H groups in total. The van der Waals surface area contributed by atoms with E-state index in [1.165, 1.54) is 71.4 Å². The Morgan fingerprint density at radius 3 is 1.52 bits per heavy atom. The number of furan rings is 1. The van der Waals surface area contributed by atoms with Crippen molar-refractivity contribution in [2.45, 2.75) is 5.41 Å². The molecule has 360 valence electrons. The summed E-state index contributed by atoms with van der Waals surface area (Å²) in [6.45, 7) is 0. The Hall–Kier alpha value is -10.0. The molecule has 0 bridgehead atoms. The maximum absolute atomic E-state index is 7.03. The molecule has 14 aromatic rings. The summed E-state index contributed by atoms with van der Waals surface area (Å²) in [5, 5.41) is 8.24. The average Bonchev–Trinajstić information content (AvgIpc) is 4.27. The number of fused-ring (bicyclic) bond motifs is 10. The fourth-order valence-corrected chi connectivity index (χ4v) is 12.8. The van der Waals surface area contributed by atoms with E-state index in [0.29, 0.717) is 0 Å². The minimum atomic E-state index is -0.536. The molecule has 0 aliphatic heterocycles. The zero-order valence-corrected chi connectivity index (χ0v) is 42.1. The lowest BCUT2D eigenvalue weighted by Gasteiger charge is -2.34. The fourth-order valence-electron chi connectivity index (χ4n) is 12.8.